The summed E-state index contributed by atoms with van der Waals surface area (Å²) in [4.78, 5) is 8.68. The molecule has 1 aliphatic rings. The van der Waals surface area contributed by atoms with Crippen LogP contribution in [-0.4, -0.2) is 34.1 Å². The Labute approximate surface area is 117 Å². The van der Waals surface area contributed by atoms with Crippen molar-refractivity contribution < 1.29 is 4.74 Å². The van der Waals surface area contributed by atoms with Gasteiger partial charge in [0, 0.05) is 24.0 Å². The Balaban J connectivity index is 2.01. The van der Waals surface area contributed by atoms with Gasteiger partial charge >= 0.3 is 0 Å². The maximum Gasteiger partial charge on any atom is 0.158 e. The molecule has 1 aromatic heterocycles. The number of nitrogens with two attached hydrogens (primary N) is 1. The molecule has 0 bridgehead atoms. The first-order valence-corrected chi connectivity index (χ1v) is 7.65. The summed E-state index contributed by atoms with van der Waals surface area (Å²) in [7, 11) is 0. The molecule has 1 fully saturated rings. The van der Waals surface area contributed by atoms with Crippen LogP contribution < -0.4 is 16.6 Å². The Bertz CT molecular complexity index is 425. The van der Waals surface area contributed by atoms with Crippen molar-refractivity contribution in [2.24, 2.45) is 5.84 Å². The van der Waals surface area contributed by atoms with E-state index in [0.717, 1.165) is 12.4 Å². The highest BCUT2D eigenvalue weighted by Gasteiger charge is 2.41. The average molecular weight is 283 g/mol. The number of hydrogen-bond acceptors (Lipinski definition) is 7. The first-order chi connectivity index (χ1) is 9.21. The second kappa shape index (κ2) is 6.40. The van der Waals surface area contributed by atoms with Gasteiger partial charge in [0.2, 0.25) is 0 Å². The van der Waals surface area contributed by atoms with Gasteiger partial charge in [-0.2, -0.15) is 11.8 Å². The maximum atomic E-state index is 5.42. The molecule has 0 amide bonds. The summed E-state index contributed by atoms with van der Waals surface area (Å²) in [5.41, 5.74) is 2.56. The highest BCUT2D eigenvalue weighted by atomic mass is 32.2. The van der Waals surface area contributed by atoms with Crippen molar-refractivity contribution in [1.82, 2.24) is 9.97 Å². The highest BCUT2D eigenvalue weighted by Crippen LogP contribution is 2.46. The highest BCUT2D eigenvalue weighted by molar-refractivity contribution is 8.00. The van der Waals surface area contributed by atoms with E-state index in [1.807, 2.05) is 24.8 Å². The SMILES string of the molecule is CCOCc1nc(NN)cc(NCC2(SC)CC2)n1. The molecule has 0 radical (unpaired) electrons. The molecular weight excluding hydrogens is 262 g/mol. The number of aromatic nitrogens is 2. The van der Waals surface area contributed by atoms with Crippen LogP contribution in [0.25, 0.3) is 0 Å². The normalized spacial score (nSPS) is 16.2. The van der Waals surface area contributed by atoms with E-state index in [4.69, 9.17) is 10.6 Å². The van der Waals surface area contributed by atoms with Crippen LogP contribution in [-0.2, 0) is 11.3 Å². The molecule has 0 aromatic carbocycles. The second-order valence-electron chi connectivity index (χ2n) is 4.58. The van der Waals surface area contributed by atoms with E-state index >= 15 is 0 Å². The molecule has 1 saturated carbocycles. The molecule has 1 aromatic rings. The number of nitrogens with one attached hydrogen (secondary N) is 2. The van der Waals surface area contributed by atoms with Crippen molar-refractivity contribution in [2.75, 3.05) is 30.1 Å². The van der Waals surface area contributed by atoms with Crippen LogP contribution in [0.4, 0.5) is 11.6 Å². The molecule has 19 heavy (non-hydrogen) atoms. The second-order valence-corrected chi connectivity index (χ2v) is 5.85. The van der Waals surface area contributed by atoms with Gasteiger partial charge in [-0.1, -0.05) is 0 Å². The van der Waals surface area contributed by atoms with Crippen LogP contribution in [0, 0.1) is 0 Å². The van der Waals surface area contributed by atoms with Crippen molar-refractivity contribution in [1.29, 1.82) is 0 Å². The molecule has 2 rings (SSSR count). The third kappa shape index (κ3) is 3.95. The third-order valence-electron chi connectivity index (χ3n) is 3.19. The molecule has 1 heterocycles. The lowest BCUT2D eigenvalue weighted by atomic mass is 10.4. The van der Waals surface area contributed by atoms with Gasteiger partial charge in [-0.25, -0.2) is 15.8 Å². The standard InChI is InChI=1S/C12H21N5OS/c1-3-18-7-11-15-9(6-10(16-11)17-13)14-8-12(19-2)4-5-12/h6H,3-5,7-8,13H2,1-2H3,(H2,14,15,16,17). The zero-order valence-electron chi connectivity index (χ0n) is 11.4. The number of rotatable bonds is 8. The van der Waals surface area contributed by atoms with Gasteiger partial charge in [0.15, 0.2) is 5.82 Å². The van der Waals surface area contributed by atoms with Gasteiger partial charge in [0.05, 0.1) is 0 Å². The molecule has 4 N–H and O–H groups in total. The summed E-state index contributed by atoms with van der Waals surface area (Å²) in [6.45, 7) is 3.90. The first-order valence-electron chi connectivity index (χ1n) is 6.43. The van der Waals surface area contributed by atoms with Crippen molar-refractivity contribution in [3.05, 3.63) is 11.9 Å². The summed E-state index contributed by atoms with van der Waals surface area (Å²) in [5, 5.41) is 3.37. The lowest BCUT2D eigenvalue weighted by molar-refractivity contribution is 0.128. The molecule has 106 valence electrons. The lowest BCUT2D eigenvalue weighted by Gasteiger charge is -2.14. The maximum absolute atomic E-state index is 5.42. The monoisotopic (exact) mass is 283 g/mol. The largest absolute Gasteiger partial charge is 0.374 e. The Morgan fingerprint density at radius 1 is 1.42 bits per heavy atom. The minimum absolute atomic E-state index is 0.390. The number of ether oxygens (including phenoxy) is 1. The molecule has 0 atom stereocenters. The number of thioether (sulfide) groups is 1. The quantitative estimate of drug-likeness (QED) is 0.493. The van der Waals surface area contributed by atoms with Crippen LogP contribution >= 0.6 is 11.8 Å². The van der Waals surface area contributed by atoms with Gasteiger partial charge in [0.1, 0.15) is 18.2 Å². The van der Waals surface area contributed by atoms with Gasteiger partial charge in [-0.3, -0.25) is 0 Å². The Morgan fingerprint density at radius 3 is 2.74 bits per heavy atom. The molecule has 0 spiro atoms. The fraction of sp³-hybridized carbons (Fsp3) is 0.667. The summed E-state index contributed by atoms with van der Waals surface area (Å²) < 4.78 is 5.72. The minimum atomic E-state index is 0.390. The van der Waals surface area contributed by atoms with Crippen LogP contribution in [0.5, 0.6) is 0 Å². The van der Waals surface area contributed by atoms with E-state index in [1.54, 1.807) is 0 Å². The van der Waals surface area contributed by atoms with E-state index in [1.165, 1.54) is 12.8 Å². The molecule has 1 aliphatic carbocycles. The van der Waals surface area contributed by atoms with Gasteiger partial charge in [-0.05, 0) is 26.0 Å². The number of nitrogen functional groups attached to an aromatic ring is 1. The molecule has 0 aliphatic heterocycles. The van der Waals surface area contributed by atoms with E-state index in [2.05, 4.69) is 27.0 Å². The summed E-state index contributed by atoms with van der Waals surface area (Å²) in [6, 6.07) is 1.81. The number of hydrogen-bond donors (Lipinski definition) is 3. The smallest absolute Gasteiger partial charge is 0.158 e. The lowest BCUT2D eigenvalue weighted by Crippen LogP contribution is -2.19. The first kappa shape index (κ1) is 14.4. The number of anilines is 2. The van der Waals surface area contributed by atoms with Crippen molar-refractivity contribution in [3.8, 4) is 0 Å². The predicted molar refractivity (Wildman–Crippen MR) is 79.1 cm³/mol. The molecule has 6 nitrogen and oxygen atoms in total. The fourth-order valence-electron chi connectivity index (χ4n) is 1.76. The fourth-order valence-corrected chi connectivity index (χ4v) is 2.49. The van der Waals surface area contributed by atoms with E-state index in [9.17, 15) is 0 Å². The van der Waals surface area contributed by atoms with E-state index in [-0.39, 0.29) is 0 Å². The van der Waals surface area contributed by atoms with Gasteiger partial charge in [0.25, 0.3) is 0 Å². The third-order valence-corrected chi connectivity index (χ3v) is 4.61. The average Bonchev–Trinajstić information content (AvgIpc) is 3.23. The van der Waals surface area contributed by atoms with E-state index in [0.29, 0.717) is 29.6 Å². The zero-order valence-corrected chi connectivity index (χ0v) is 12.2. The van der Waals surface area contributed by atoms with Crippen molar-refractivity contribution >= 4 is 23.4 Å². The number of hydrazine groups is 1. The van der Waals surface area contributed by atoms with Crippen molar-refractivity contribution in [3.63, 3.8) is 0 Å². The van der Waals surface area contributed by atoms with Crippen LogP contribution in [0.3, 0.4) is 0 Å². The predicted octanol–water partition coefficient (Wildman–Crippen LogP) is 1.61. The molecular formula is C12H21N5OS. The zero-order chi connectivity index (χ0) is 13.7. The topological polar surface area (TPSA) is 85.1 Å². The summed E-state index contributed by atoms with van der Waals surface area (Å²) >= 11 is 1.91. The summed E-state index contributed by atoms with van der Waals surface area (Å²) in [5.74, 6) is 7.45. The summed E-state index contributed by atoms with van der Waals surface area (Å²) in [6.07, 6.45) is 4.68. The minimum Gasteiger partial charge on any atom is -0.374 e. The van der Waals surface area contributed by atoms with Gasteiger partial charge in [-0.15, -0.1) is 0 Å². The van der Waals surface area contributed by atoms with Crippen LogP contribution in [0.2, 0.25) is 0 Å². The Hall–Kier alpha value is -1.05. The Morgan fingerprint density at radius 2 is 2.16 bits per heavy atom. The molecule has 7 heteroatoms. The van der Waals surface area contributed by atoms with E-state index < -0.39 is 0 Å². The number of nitrogens with zero attached hydrogens (tertiary/aromatic N) is 2. The van der Waals surface area contributed by atoms with Crippen LogP contribution in [0.15, 0.2) is 6.07 Å². The molecule has 0 unspecified atom stereocenters. The van der Waals surface area contributed by atoms with Gasteiger partial charge < -0.3 is 15.5 Å². The Kier molecular flexibility index (Phi) is 4.84. The molecule has 0 saturated heterocycles. The van der Waals surface area contributed by atoms with Crippen LogP contribution in [0.1, 0.15) is 25.6 Å². The van der Waals surface area contributed by atoms with Crippen molar-refractivity contribution in [2.45, 2.75) is 31.1 Å².